The zero-order valence-corrected chi connectivity index (χ0v) is 12.1. The van der Waals surface area contributed by atoms with E-state index in [-0.39, 0.29) is 5.92 Å². The molecule has 18 heavy (non-hydrogen) atoms. The third-order valence-corrected chi connectivity index (χ3v) is 3.17. The Bertz CT molecular complexity index is 587. The molecule has 2 aromatic rings. The minimum atomic E-state index is 0.235. The fourth-order valence-corrected chi connectivity index (χ4v) is 1.97. The van der Waals surface area contributed by atoms with E-state index in [1.807, 2.05) is 45.4 Å². The Hall–Kier alpha value is -1.42. The predicted octanol–water partition coefficient (Wildman–Crippen LogP) is 3.36. The van der Waals surface area contributed by atoms with Crippen LogP contribution in [0.15, 0.2) is 6.07 Å². The maximum absolute atomic E-state index is 6.18. The average molecular weight is 265 g/mol. The summed E-state index contributed by atoms with van der Waals surface area (Å²) in [4.78, 5) is 8.89. The van der Waals surface area contributed by atoms with E-state index >= 15 is 0 Å². The summed E-state index contributed by atoms with van der Waals surface area (Å²) in [5.41, 5.74) is 2.86. The average Bonchev–Trinajstić information content (AvgIpc) is 2.61. The van der Waals surface area contributed by atoms with E-state index < -0.39 is 0 Å². The Morgan fingerprint density at radius 3 is 2.33 bits per heavy atom. The zero-order valence-electron chi connectivity index (χ0n) is 11.3. The lowest BCUT2D eigenvalue weighted by Gasteiger charge is -2.12. The molecule has 0 bridgehead atoms. The number of aryl methyl sites for hydroxylation is 2. The molecule has 0 saturated heterocycles. The normalized spacial score (nSPS) is 11.3. The maximum Gasteiger partial charge on any atom is 0.161 e. The first-order chi connectivity index (χ1) is 8.40. The molecule has 0 unspecified atom stereocenters. The Morgan fingerprint density at radius 2 is 1.83 bits per heavy atom. The van der Waals surface area contributed by atoms with Gasteiger partial charge < -0.3 is 0 Å². The lowest BCUT2D eigenvalue weighted by atomic mass is 10.2. The quantitative estimate of drug-likeness (QED) is 0.781. The molecule has 0 radical (unpaired) electrons. The molecule has 2 aromatic heterocycles. The maximum atomic E-state index is 6.18. The van der Waals surface area contributed by atoms with Crippen LogP contribution in [0.1, 0.15) is 42.5 Å². The highest BCUT2D eigenvalue weighted by Gasteiger charge is 2.15. The minimum absolute atomic E-state index is 0.235. The lowest BCUT2D eigenvalue weighted by molar-refractivity contribution is 0.729. The minimum Gasteiger partial charge on any atom is -0.220 e. The van der Waals surface area contributed by atoms with Gasteiger partial charge in [0.25, 0.3) is 0 Å². The van der Waals surface area contributed by atoms with Crippen LogP contribution >= 0.6 is 11.6 Å². The first kappa shape index (κ1) is 13.0. The van der Waals surface area contributed by atoms with Crippen molar-refractivity contribution in [2.75, 3.05) is 0 Å². The van der Waals surface area contributed by atoms with Gasteiger partial charge in [-0.15, -0.1) is 0 Å². The summed E-state index contributed by atoms with van der Waals surface area (Å²) in [6, 6.07) is 2.02. The first-order valence-electron chi connectivity index (χ1n) is 5.97. The van der Waals surface area contributed by atoms with Crippen LogP contribution in [0.4, 0.5) is 0 Å². The standard InChI is InChI=1S/C13H17ClN4/c1-7(2)12-15-11(14)10(5)13(16-12)18-9(4)6-8(3)17-18/h6-7H,1-5H3. The van der Waals surface area contributed by atoms with Gasteiger partial charge in [0.1, 0.15) is 11.0 Å². The number of aromatic nitrogens is 4. The van der Waals surface area contributed by atoms with Crippen molar-refractivity contribution in [3.05, 3.63) is 34.0 Å². The number of hydrogen-bond donors (Lipinski definition) is 0. The second kappa shape index (κ2) is 4.69. The van der Waals surface area contributed by atoms with Crippen molar-refractivity contribution >= 4 is 11.6 Å². The van der Waals surface area contributed by atoms with Crippen molar-refractivity contribution in [3.63, 3.8) is 0 Å². The van der Waals surface area contributed by atoms with E-state index in [1.54, 1.807) is 0 Å². The van der Waals surface area contributed by atoms with Crippen LogP contribution in [0, 0.1) is 20.8 Å². The van der Waals surface area contributed by atoms with Crippen molar-refractivity contribution in [1.82, 2.24) is 19.7 Å². The molecule has 0 atom stereocenters. The molecule has 96 valence electrons. The van der Waals surface area contributed by atoms with Gasteiger partial charge in [-0.3, -0.25) is 0 Å². The fraction of sp³-hybridized carbons (Fsp3) is 0.462. The second-order valence-electron chi connectivity index (χ2n) is 4.81. The van der Waals surface area contributed by atoms with Crippen molar-refractivity contribution in [2.45, 2.75) is 40.5 Å². The Kier molecular flexibility index (Phi) is 3.39. The van der Waals surface area contributed by atoms with Crippen LogP contribution in [0.3, 0.4) is 0 Å². The predicted molar refractivity (Wildman–Crippen MR) is 72.5 cm³/mol. The Morgan fingerprint density at radius 1 is 1.17 bits per heavy atom. The SMILES string of the molecule is Cc1cc(C)n(-c2nc(C(C)C)nc(Cl)c2C)n1. The number of halogens is 1. The van der Waals surface area contributed by atoms with Crippen LogP contribution in [0.5, 0.6) is 0 Å². The van der Waals surface area contributed by atoms with Gasteiger partial charge in [-0.05, 0) is 26.8 Å². The molecule has 0 amide bonds. The van der Waals surface area contributed by atoms with Crippen LogP contribution < -0.4 is 0 Å². The van der Waals surface area contributed by atoms with Crippen molar-refractivity contribution in [3.8, 4) is 5.82 Å². The van der Waals surface area contributed by atoms with Crippen LogP contribution in [-0.2, 0) is 0 Å². The summed E-state index contributed by atoms with van der Waals surface area (Å²) in [6.07, 6.45) is 0. The zero-order chi connectivity index (χ0) is 13.4. The van der Waals surface area contributed by atoms with Crippen LogP contribution in [0.2, 0.25) is 5.15 Å². The van der Waals surface area contributed by atoms with Gasteiger partial charge in [-0.2, -0.15) is 5.10 Å². The van der Waals surface area contributed by atoms with E-state index in [9.17, 15) is 0 Å². The molecule has 0 fully saturated rings. The molecule has 0 aliphatic carbocycles. The molecule has 4 nitrogen and oxygen atoms in total. The van der Waals surface area contributed by atoms with Gasteiger partial charge in [0.2, 0.25) is 0 Å². The molecule has 0 saturated carbocycles. The monoisotopic (exact) mass is 264 g/mol. The first-order valence-corrected chi connectivity index (χ1v) is 6.35. The number of hydrogen-bond acceptors (Lipinski definition) is 3. The van der Waals surface area contributed by atoms with Gasteiger partial charge in [0, 0.05) is 17.2 Å². The summed E-state index contributed by atoms with van der Waals surface area (Å²) >= 11 is 6.18. The summed E-state index contributed by atoms with van der Waals surface area (Å²) < 4.78 is 1.82. The van der Waals surface area contributed by atoms with Gasteiger partial charge in [0.05, 0.1) is 5.69 Å². The number of rotatable bonds is 2. The molecule has 2 heterocycles. The van der Waals surface area contributed by atoms with Crippen molar-refractivity contribution in [2.24, 2.45) is 0 Å². The largest absolute Gasteiger partial charge is 0.220 e. The number of nitrogens with zero attached hydrogens (tertiary/aromatic N) is 4. The highest BCUT2D eigenvalue weighted by molar-refractivity contribution is 6.30. The van der Waals surface area contributed by atoms with Gasteiger partial charge in [0.15, 0.2) is 5.82 Å². The molecular weight excluding hydrogens is 248 g/mol. The molecule has 5 heteroatoms. The van der Waals surface area contributed by atoms with E-state index in [1.165, 1.54) is 0 Å². The van der Waals surface area contributed by atoms with Gasteiger partial charge >= 0.3 is 0 Å². The molecule has 0 spiro atoms. The van der Waals surface area contributed by atoms with Crippen LogP contribution in [-0.4, -0.2) is 19.7 Å². The van der Waals surface area contributed by atoms with E-state index in [2.05, 4.69) is 15.1 Å². The topological polar surface area (TPSA) is 43.6 Å². The third kappa shape index (κ3) is 2.25. The molecule has 0 aromatic carbocycles. The van der Waals surface area contributed by atoms with E-state index in [0.29, 0.717) is 5.15 Å². The highest BCUT2D eigenvalue weighted by Crippen LogP contribution is 2.23. The third-order valence-electron chi connectivity index (χ3n) is 2.80. The summed E-state index contributed by atoms with van der Waals surface area (Å²) in [5.74, 6) is 1.75. The molecular formula is C13H17ClN4. The Labute approximate surface area is 112 Å². The van der Waals surface area contributed by atoms with Crippen molar-refractivity contribution in [1.29, 1.82) is 0 Å². The highest BCUT2D eigenvalue weighted by atomic mass is 35.5. The lowest BCUT2D eigenvalue weighted by Crippen LogP contribution is -2.10. The van der Waals surface area contributed by atoms with E-state index in [0.717, 1.165) is 28.6 Å². The Balaban J connectivity index is 2.66. The smallest absolute Gasteiger partial charge is 0.161 e. The summed E-state index contributed by atoms with van der Waals surface area (Å²) in [6.45, 7) is 9.98. The summed E-state index contributed by atoms with van der Waals surface area (Å²) in [5, 5.41) is 4.95. The molecule has 0 aliphatic rings. The summed E-state index contributed by atoms with van der Waals surface area (Å²) in [7, 11) is 0. The molecule has 0 aliphatic heterocycles. The fourth-order valence-electron chi connectivity index (χ4n) is 1.80. The molecule has 2 rings (SSSR count). The molecule has 0 N–H and O–H groups in total. The van der Waals surface area contributed by atoms with Gasteiger partial charge in [-0.25, -0.2) is 14.6 Å². The van der Waals surface area contributed by atoms with Crippen molar-refractivity contribution < 1.29 is 0 Å². The second-order valence-corrected chi connectivity index (χ2v) is 5.17. The van der Waals surface area contributed by atoms with Crippen LogP contribution in [0.25, 0.3) is 5.82 Å². The van der Waals surface area contributed by atoms with E-state index in [4.69, 9.17) is 11.6 Å². The van der Waals surface area contributed by atoms with Gasteiger partial charge in [-0.1, -0.05) is 25.4 Å².